The second kappa shape index (κ2) is 7.10. The van der Waals surface area contributed by atoms with E-state index >= 15 is 0 Å². The van der Waals surface area contributed by atoms with Crippen molar-refractivity contribution in [2.75, 3.05) is 19.7 Å². The van der Waals surface area contributed by atoms with Gasteiger partial charge in [0.25, 0.3) is 0 Å². The summed E-state index contributed by atoms with van der Waals surface area (Å²) in [4.78, 5) is 7.14. The van der Waals surface area contributed by atoms with Gasteiger partial charge in [-0.05, 0) is 43.9 Å². The van der Waals surface area contributed by atoms with Crippen molar-refractivity contribution in [2.45, 2.75) is 44.4 Å². The number of aliphatic hydroxyl groups is 1. The van der Waals surface area contributed by atoms with Crippen LogP contribution in [0.2, 0.25) is 0 Å². The van der Waals surface area contributed by atoms with Crippen LogP contribution >= 0.6 is 0 Å². The number of hydrogen-bond donors (Lipinski definition) is 1. The van der Waals surface area contributed by atoms with E-state index in [0.717, 1.165) is 30.8 Å². The first-order valence-electron chi connectivity index (χ1n) is 9.76. The van der Waals surface area contributed by atoms with Gasteiger partial charge in [-0.3, -0.25) is 4.90 Å². The Bertz CT molecular complexity index is 821. The predicted molar refractivity (Wildman–Crippen MR) is 108 cm³/mol. The maximum absolute atomic E-state index is 11.5. The van der Waals surface area contributed by atoms with Crippen LogP contribution in [0, 0.1) is 0 Å². The van der Waals surface area contributed by atoms with Crippen molar-refractivity contribution < 1.29 is 9.84 Å². The van der Waals surface area contributed by atoms with Gasteiger partial charge in [0, 0.05) is 25.2 Å². The molecule has 0 amide bonds. The molecule has 4 nitrogen and oxygen atoms in total. The summed E-state index contributed by atoms with van der Waals surface area (Å²) in [6, 6.07) is 18.6. The Morgan fingerprint density at radius 3 is 2.33 bits per heavy atom. The Balaban J connectivity index is 1.51. The number of nitrogens with zero attached hydrogens (tertiary/aromatic N) is 2. The molecule has 0 unspecified atom stereocenters. The summed E-state index contributed by atoms with van der Waals surface area (Å²) in [6.45, 7) is 7.40. The fourth-order valence-corrected chi connectivity index (χ4v) is 3.99. The average Bonchev–Trinajstić information content (AvgIpc) is 3.04. The Morgan fingerprint density at radius 1 is 1.00 bits per heavy atom. The van der Waals surface area contributed by atoms with Crippen LogP contribution in [0.1, 0.15) is 43.4 Å². The molecule has 0 bridgehead atoms. The molecule has 2 heterocycles. The Hall–Kier alpha value is -2.17. The number of aliphatic imine (C=N–C) groups is 1. The van der Waals surface area contributed by atoms with Crippen molar-refractivity contribution in [1.82, 2.24) is 4.90 Å². The molecule has 0 aliphatic carbocycles. The lowest BCUT2D eigenvalue weighted by molar-refractivity contribution is -0.0279. The molecule has 4 heteroatoms. The lowest BCUT2D eigenvalue weighted by atomic mass is 9.81. The van der Waals surface area contributed by atoms with E-state index in [0.29, 0.717) is 25.3 Å². The van der Waals surface area contributed by atoms with Gasteiger partial charge in [0.15, 0.2) is 0 Å². The predicted octanol–water partition coefficient (Wildman–Crippen LogP) is 3.73. The number of piperidine rings is 1. The Morgan fingerprint density at radius 2 is 1.67 bits per heavy atom. The van der Waals surface area contributed by atoms with Crippen molar-refractivity contribution >= 4 is 5.90 Å². The fourth-order valence-electron chi connectivity index (χ4n) is 3.99. The molecular formula is C23H28N2O2. The van der Waals surface area contributed by atoms with Crippen molar-refractivity contribution in [3.8, 4) is 0 Å². The molecule has 1 N–H and O–H groups in total. The smallest absolute Gasteiger partial charge is 0.217 e. The number of benzene rings is 2. The van der Waals surface area contributed by atoms with E-state index in [9.17, 15) is 5.11 Å². The lowest BCUT2D eigenvalue weighted by Crippen LogP contribution is -2.42. The summed E-state index contributed by atoms with van der Waals surface area (Å²) in [7, 11) is 0. The highest BCUT2D eigenvalue weighted by Gasteiger charge is 2.38. The summed E-state index contributed by atoms with van der Waals surface area (Å²) < 4.78 is 5.86. The quantitative estimate of drug-likeness (QED) is 0.899. The highest BCUT2D eigenvalue weighted by molar-refractivity contribution is 5.97. The zero-order valence-electron chi connectivity index (χ0n) is 16.2. The molecule has 1 saturated heterocycles. The number of ether oxygens (including phenoxy) is 1. The van der Waals surface area contributed by atoms with E-state index in [-0.39, 0.29) is 5.54 Å². The third kappa shape index (κ3) is 3.92. The molecule has 0 atom stereocenters. The average molecular weight is 364 g/mol. The van der Waals surface area contributed by atoms with Crippen LogP contribution in [0.5, 0.6) is 0 Å². The van der Waals surface area contributed by atoms with E-state index in [1.807, 2.05) is 30.3 Å². The van der Waals surface area contributed by atoms with Crippen LogP contribution in [0.15, 0.2) is 59.6 Å². The number of rotatable bonds is 4. The van der Waals surface area contributed by atoms with E-state index in [1.54, 1.807) is 0 Å². The molecule has 2 aliphatic heterocycles. The molecule has 142 valence electrons. The van der Waals surface area contributed by atoms with Gasteiger partial charge in [0.05, 0.1) is 11.1 Å². The molecule has 0 spiro atoms. The van der Waals surface area contributed by atoms with Crippen LogP contribution in [0.3, 0.4) is 0 Å². The van der Waals surface area contributed by atoms with Crippen LogP contribution in [0.25, 0.3) is 0 Å². The minimum absolute atomic E-state index is 0.204. The summed E-state index contributed by atoms with van der Waals surface area (Å²) in [5, 5.41) is 11.5. The maximum Gasteiger partial charge on any atom is 0.217 e. The van der Waals surface area contributed by atoms with Crippen molar-refractivity contribution in [3.05, 3.63) is 71.3 Å². The lowest BCUT2D eigenvalue weighted by Gasteiger charge is -2.39. The molecule has 1 fully saturated rings. The molecule has 4 rings (SSSR count). The van der Waals surface area contributed by atoms with E-state index in [4.69, 9.17) is 9.73 Å². The first-order chi connectivity index (χ1) is 13.0. The molecule has 0 radical (unpaired) electrons. The third-order valence-corrected chi connectivity index (χ3v) is 5.56. The zero-order valence-corrected chi connectivity index (χ0v) is 16.2. The van der Waals surface area contributed by atoms with Gasteiger partial charge < -0.3 is 9.84 Å². The number of likely N-dealkylation sites (tertiary alicyclic amines) is 1. The SMILES string of the molecule is CC1(C)COC(c2ccccc2C2(O)CCN(Cc3ccccc3)CC2)=N1. The van der Waals surface area contributed by atoms with Gasteiger partial charge in [0.1, 0.15) is 6.61 Å². The molecule has 2 aliphatic rings. The van der Waals surface area contributed by atoms with E-state index < -0.39 is 5.60 Å². The van der Waals surface area contributed by atoms with Crippen molar-refractivity contribution in [1.29, 1.82) is 0 Å². The summed E-state index contributed by atoms with van der Waals surface area (Å²) in [5.41, 5.74) is 2.16. The highest BCUT2D eigenvalue weighted by atomic mass is 16.5. The van der Waals surface area contributed by atoms with Crippen molar-refractivity contribution in [3.63, 3.8) is 0 Å². The summed E-state index contributed by atoms with van der Waals surface area (Å²) >= 11 is 0. The van der Waals surface area contributed by atoms with Crippen molar-refractivity contribution in [2.24, 2.45) is 4.99 Å². The first kappa shape index (κ1) is 18.2. The van der Waals surface area contributed by atoms with Gasteiger partial charge in [-0.15, -0.1) is 0 Å². The topological polar surface area (TPSA) is 45.1 Å². The normalized spacial score (nSPS) is 21.5. The van der Waals surface area contributed by atoms with Gasteiger partial charge >= 0.3 is 0 Å². The fraction of sp³-hybridized carbons (Fsp3) is 0.435. The second-order valence-corrected chi connectivity index (χ2v) is 8.36. The molecule has 2 aromatic rings. The van der Waals surface area contributed by atoms with Gasteiger partial charge in [0.2, 0.25) is 5.90 Å². The van der Waals surface area contributed by atoms with E-state index in [1.165, 1.54) is 5.56 Å². The molecule has 0 aromatic heterocycles. The van der Waals surface area contributed by atoms with Gasteiger partial charge in [-0.25, -0.2) is 4.99 Å². The Labute approximate surface area is 161 Å². The molecule has 2 aromatic carbocycles. The molecular weight excluding hydrogens is 336 g/mol. The number of hydrogen-bond acceptors (Lipinski definition) is 4. The largest absolute Gasteiger partial charge is 0.475 e. The highest BCUT2D eigenvalue weighted by Crippen LogP contribution is 2.36. The maximum atomic E-state index is 11.5. The summed E-state index contributed by atoms with van der Waals surface area (Å²) in [6.07, 6.45) is 1.43. The minimum Gasteiger partial charge on any atom is -0.475 e. The van der Waals surface area contributed by atoms with Crippen LogP contribution in [-0.4, -0.2) is 41.1 Å². The van der Waals surface area contributed by atoms with Crippen LogP contribution in [-0.2, 0) is 16.9 Å². The van der Waals surface area contributed by atoms with E-state index in [2.05, 4.69) is 43.0 Å². The van der Waals surface area contributed by atoms with Crippen LogP contribution in [0.4, 0.5) is 0 Å². The summed E-state index contributed by atoms with van der Waals surface area (Å²) in [5.74, 6) is 0.663. The third-order valence-electron chi connectivity index (χ3n) is 5.56. The monoisotopic (exact) mass is 364 g/mol. The molecule has 0 saturated carbocycles. The van der Waals surface area contributed by atoms with Crippen LogP contribution < -0.4 is 0 Å². The molecule has 27 heavy (non-hydrogen) atoms. The van der Waals surface area contributed by atoms with Gasteiger partial charge in [-0.1, -0.05) is 48.5 Å². The Kier molecular flexibility index (Phi) is 4.79. The first-order valence-corrected chi connectivity index (χ1v) is 9.76. The van der Waals surface area contributed by atoms with Gasteiger partial charge in [-0.2, -0.15) is 0 Å². The standard InChI is InChI=1S/C23H28N2O2/c1-22(2)17-27-21(24-22)19-10-6-7-11-20(19)23(26)12-14-25(15-13-23)16-18-8-4-3-5-9-18/h3-11,26H,12-17H2,1-2H3. The second-order valence-electron chi connectivity index (χ2n) is 8.36. The zero-order chi connectivity index (χ0) is 18.9. The minimum atomic E-state index is -0.831.